The van der Waals surface area contributed by atoms with Crippen LogP contribution in [0.5, 0.6) is 0 Å². The molecule has 0 amide bonds. The number of benzene rings is 1. The van der Waals surface area contributed by atoms with Gasteiger partial charge in [-0.1, -0.05) is 42.4 Å². The molecule has 1 aliphatic rings. The number of nitriles is 1. The Morgan fingerprint density at radius 2 is 2.10 bits per heavy atom. The second-order valence-corrected chi connectivity index (χ2v) is 5.50. The summed E-state index contributed by atoms with van der Waals surface area (Å²) >= 11 is 0. The van der Waals surface area contributed by atoms with Crippen molar-refractivity contribution in [1.82, 2.24) is 10.1 Å². The molecule has 2 aromatic rings. The van der Waals surface area contributed by atoms with E-state index in [9.17, 15) is 0 Å². The van der Waals surface area contributed by atoms with Gasteiger partial charge in [0.2, 0.25) is 5.89 Å². The van der Waals surface area contributed by atoms with Crippen molar-refractivity contribution in [3.63, 3.8) is 0 Å². The third kappa shape index (κ3) is 2.20. The van der Waals surface area contributed by atoms with Crippen molar-refractivity contribution in [3.05, 3.63) is 47.6 Å². The van der Waals surface area contributed by atoms with Crippen LogP contribution in [0.25, 0.3) is 0 Å². The Bertz CT molecular complexity index is 623. The van der Waals surface area contributed by atoms with E-state index < -0.39 is 0 Å². The van der Waals surface area contributed by atoms with Crippen molar-refractivity contribution in [2.45, 2.75) is 43.9 Å². The lowest BCUT2D eigenvalue weighted by molar-refractivity contribution is 0.349. The van der Waals surface area contributed by atoms with Gasteiger partial charge in [0, 0.05) is 12.3 Å². The SMILES string of the molecule is CC(CCC#N)c1nc(C2(c3ccccc3)CC2)no1. The standard InChI is InChI=1S/C16H17N3O/c1-12(6-5-11-17)14-18-15(19-20-14)16(9-10-16)13-7-3-2-4-8-13/h2-4,7-8,12H,5-6,9-10H2,1H3. The van der Waals surface area contributed by atoms with Gasteiger partial charge in [0.15, 0.2) is 5.82 Å². The zero-order valence-electron chi connectivity index (χ0n) is 11.5. The number of rotatable bonds is 5. The Hall–Kier alpha value is -2.15. The van der Waals surface area contributed by atoms with Crippen LogP contribution >= 0.6 is 0 Å². The van der Waals surface area contributed by atoms with Crippen molar-refractivity contribution < 1.29 is 4.52 Å². The summed E-state index contributed by atoms with van der Waals surface area (Å²) in [5.74, 6) is 1.59. The summed E-state index contributed by atoms with van der Waals surface area (Å²) < 4.78 is 5.40. The fourth-order valence-corrected chi connectivity index (χ4v) is 2.56. The molecular weight excluding hydrogens is 250 g/mol. The van der Waals surface area contributed by atoms with Gasteiger partial charge in [-0.3, -0.25) is 0 Å². The van der Waals surface area contributed by atoms with Gasteiger partial charge in [-0.15, -0.1) is 0 Å². The van der Waals surface area contributed by atoms with Crippen molar-refractivity contribution in [3.8, 4) is 6.07 Å². The maximum absolute atomic E-state index is 8.64. The van der Waals surface area contributed by atoms with Crippen LogP contribution in [-0.2, 0) is 5.41 Å². The Labute approximate surface area is 118 Å². The summed E-state index contributed by atoms with van der Waals surface area (Å²) in [4.78, 5) is 4.59. The molecule has 0 radical (unpaired) electrons. The van der Waals surface area contributed by atoms with Crippen molar-refractivity contribution in [2.75, 3.05) is 0 Å². The molecule has 3 rings (SSSR count). The van der Waals surface area contributed by atoms with Gasteiger partial charge in [-0.25, -0.2) is 0 Å². The lowest BCUT2D eigenvalue weighted by Gasteiger charge is -2.10. The van der Waals surface area contributed by atoms with Crippen LogP contribution in [0, 0.1) is 11.3 Å². The number of hydrogen-bond acceptors (Lipinski definition) is 4. The first-order chi connectivity index (χ1) is 9.76. The predicted octanol–water partition coefficient (Wildman–Crippen LogP) is 3.56. The zero-order valence-corrected chi connectivity index (χ0v) is 11.5. The van der Waals surface area contributed by atoms with Crippen molar-refractivity contribution in [1.29, 1.82) is 5.26 Å². The number of aromatic nitrogens is 2. The van der Waals surface area contributed by atoms with Crippen LogP contribution in [0.2, 0.25) is 0 Å². The molecule has 102 valence electrons. The van der Waals surface area contributed by atoms with Gasteiger partial charge in [-0.05, 0) is 24.8 Å². The predicted molar refractivity (Wildman–Crippen MR) is 74.0 cm³/mol. The van der Waals surface area contributed by atoms with E-state index in [2.05, 4.69) is 28.3 Å². The molecule has 1 aromatic carbocycles. The number of nitrogens with zero attached hydrogens (tertiary/aromatic N) is 3. The third-order valence-electron chi connectivity index (χ3n) is 4.06. The maximum atomic E-state index is 8.64. The first kappa shape index (κ1) is 12.9. The highest BCUT2D eigenvalue weighted by molar-refractivity contribution is 5.38. The van der Waals surface area contributed by atoms with Crippen LogP contribution in [-0.4, -0.2) is 10.1 Å². The highest BCUT2D eigenvalue weighted by atomic mass is 16.5. The minimum Gasteiger partial charge on any atom is -0.339 e. The average Bonchev–Trinajstić information content (AvgIpc) is 3.16. The molecule has 0 bridgehead atoms. The molecule has 4 nitrogen and oxygen atoms in total. The highest BCUT2D eigenvalue weighted by Crippen LogP contribution is 2.52. The summed E-state index contributed by atoms with van der Waals surface area (Å²) in [6, 6.07) is 12.5. The maximum Gasteiger partial charge on any atom is 0.229 e. The van der Waals surface area contributed by atoms with Crippen LogP contribution in [0.1, 0.15) is 55.8 Å². The summed E-state index contributed by atoms with van der Waals surface area (Å²) in [6.07, 6.45) is 3.42. The van der Waals surface area contributed by atoms with Gasteiger partial charge in [0.1, 0.15) is 0 Å². The molecule has 20 heavy (non-hydrogen) atoms. The van der Waals surface area contributed by atoms with Crippen LogP contribution < -0.4 is 0 Å². The molecule has 0 saturated heterocycles. The fraction of sp³-hybridized carbons (Fsp3) is 0.438. The molecule has 1 atom stereocenters. The minimum absolute atomic E-state index is 0.0437. The van der Waals surface area contributed by atoms with Gasteiger partial charge < -0.3 is 4.52 Å². The zero-order chi connectivity index (χ0) is 14.0. The summed E-state index contributed by atoms with van der Waals surface area (Å²) in [5, 5.41) is 12.8. The lowest BCUT2D eigenvalue weighted by Crippen LogP contribution is -2.10. The molecule has 1 unspecified atom stereocenters. The van der Waals surface area contributed by atoms with E-state index in [0.717, 1.165) is 25.1 Å². The van der Waals surface area contributed by atoms with Crippen molar-refractivity contribution >= 4 is 0 Å². The molecule has 0 spiro atoms. The van der Waals surface area contributed by atoms with E-state index in [1.54, 1.807) is 0 Å². The first-order valence-corrected chi connectivity index (χ1v) is 7.03. The molecule has 4 heteroatoms. The minimum atomic E-state index is -0.0437. The second kappa shape index (κ2) is 5.09. The van der Waals surface area contributed by atoms with Gasteiger partial charge in [0.25, 0.3) is 0 Å². The monoisotopic (exact) mass is 267 g/mol. The smallest absolute Gasteiger partial charge is 0.229 e. The van der Waals surface area contributed by atoms with Crippen LogP contribution in [0.4, 0.5) is 0 Å². The Kier molecular flexibility index (Phi) is 3.27. The quantitative estimate of drug-likeness (QED) is 0.831. The van der Waals surface area contributed by atoms with Crippen LogP contribution in [0.15, 0.2) is 34.9 Å². The summed E-state index contributed by atoms with van der Waals surface area (Å²) in [6.45, 7) is 2.02. The summed E-state index contributed by atoms with van der Waals surface area (Å²) in [5.41, 5.74) is 1.22. The second-order valence-electron chi connectivity index (χ2n) is 5.50. The molecular formula is C16H17N3O. The molecule has 1 saturated carbocycles. The Morgan fingerprint density at radius 3 is 2.75 bits per heavy atom. The van der Waals surface area contributed by atoms with E-state index in [1.807, 2.05) is 25.1 Å². The van der Waals surface area contributed by atoms with Crippen LogP contribution in [0.3, 0.4) is 0 Å². The molecule has 0 aliphatic heterocycles. The lowest BCUT2D eigenvalue weighted by atomic mass is 9.95. The molecule has 1 heterocycles. The third-order valence-corrected chi connectivity index (χ3v) is 4.06. The fourth-order valence-electron chi connectivity index (χ4n) is 2.56. The van der Waals surface area contributed by atoms with Crippen molar-refractivity contribution in [2.24, 2.45) is 0 Å². The van der Waals surface area contributed by atoms with E-state index in [1.165, 1.54) is 5.56 Å². The number of hydrogen-bond donors (Lipinski definition) is 0. The van der Waals surface area contributed by atoms with Gasteiger partial charge in [0.05, 0.1) is 11.5 Å². The topological polar surface area (TPSA) is 62.7 Å². The van der Waals surface area contributed by atoms with E-state index >= 15 is 0 Å². The largest absolute Gasteiger partial charge is 0.339 e. The highest BCUT2D eigenvalue weighted by Gasteiger charge is 2.50. The van der Waals surface area contributed by atoms with E-state index in [-0.39, 0.29) is 11.3 Å². The Balaban J connectivity index is 1.82. The molecule has 1 aliphatic carbocycles. The first-order valence-electron chi connectivity index (χ1n) is 7.03. The Morgan fingerprint density at radius 1 is 1.35 bits per heavy atom. The average molecular weight is 267 g/mol. The molecule has 1 fully saturated rings. The van der Waals surface area contributed by atoms with E-state index in [4.69, 9.17) is 9.78 Å². The summed E-state index contributed by atoms with van der Waals surface area (Å²) in [7, 11) is 0. The molecule has 1 aromatic heterocycles. The van der Waals surface area contributed by atoms with Gasteiger partial charge >= 0.3 is 0 Å². The molecule has 0 N–H and O–H groups in total. The normalized spacial score (nSPS) is 17.4. The van der Waals surface area contributed by atoms with E-state index in [0.29, 0.717) is 12.3 Å². The van der Waals surface area contributed by atoms with Gasteiger partial charge in [-0.2, -0.15) is 10.2 Å².